The van der Waals surface area contributed by atoms with E-state index in [0.29, 0.717) is 12.1 Å². The second-order valence-electron chi connectivity index (χ2n) is 5.09. The third kappa shape index (κ3) is 4.78. The summed E-state index contributed by atoms with van der Waals surface area (Å²) in [5.41, 5.74) is 1.27. The van der Waals surface area contributed by atoms with Crippen molar-refractivity contribution in [2.75, 3.05) is 13.2 Å². The highest BCUT2D eigenvalue weighted by atomic mass is 16.5. The van der Waals surface area contributed by atoms with E-state index < -0.39 is 0 Å². The van der Waals surface area contributed by atoms with E-state index in [4.69, 9.17) is 4.74 Å². The molecule has 0 amide bonds. The fraction of sp³-hybridized carbons (Fsp3) is 0.600. The summed E-state index contributed by atoms with van der Waals surface area (Å²) in [5, 5.41) is 0. The molecule has 2 nitrogen and oxygen atoms in total. The van der Waals surface area contributed by atoms with E-state index in [0.717, 1.165) is 18.9 Å². The minimum atomic E-state index is 0.566. The first-order valence-electron chi connectivity index (χ1n) is 6.46. The van der Waals surface area contributed by atoms with Crippen molar-refractivity contribution < 1.29 is 4.74 Å². The summed E-state index contributed by atoms with van der Waals surface area (Å²) in [6.07, 6.45) is 0. The van der Waals surface area contributed by atoms with Gasteiger partial charge in [0.25, 0.3) is 0 Å². The minimum absolute atomic E-state index is 0.566. The molecule has 96 valence electrons. The molecule has 0 spiro atoms. The topological polar surface area (TPSA) is 12.5 Å². The van der Waals surface area contributed by atoms with E-state index in [9.17, 15) is 0 Å². The standard InChI is InChI=1S/C15H25NO/c1-12(2)16(13(3)4)10-11-17-15-8-6-14(5)7-9-15/h6-9,12-13H,10-11H2,1-5H3. The zero-order valence-corrected chi connectivity index (χ0v) is 11.7. The Morgan fingerprint density at radius 1 is 1.00 bits per heavy atom. The molecule has 0 unspecified atom stereocenters. The molecule has 0 fully saturated rings. The van der Waals surface area contributed by atoms with Crippen molar-refractivity contribution >= 4 is 0 Å². The van der Waals surface area contributed by atoms with Gasteiger partial charge in [-0.15, -0.1) is 0 Å². The van der Waals surface area contributed by atoms with Crippen molar-refractivity contribution in [2.24, 2.45) is 0 Å². The quantitative estimate of drug-likeness (QED) is 0.748. The largest absolute Gasteiger partial charge is 0.492 e. The maximum absolute atomic E-state index is 5.75. The molecule has 0 aliphatic rings. The summed E-state index contributed by atoms with van der Waals surface area (Å²) in [6, 6.07) is 9.36. The van der Waals surface area contributed by atoms with Crippen LogP contribution in [0.4, 0.5) is 0 Å². The molecular formula is C15H25NO. The van der Waals surface area contributed by atoms with Gasteiger partial charge < -0.3 is 4.74 Å². The molecule has 0 atom stereocenters. The van der Waals surface area contributed by atoms with Gasteiger partial charge in [-0.3, -0.25) is 4.90 Å². The Morgan fingerprint density at radius 2 is 1.53 bits per heavy atom. The van der Waals surface area contributed by atoms with Crippen molar-refractivity contribution in [3.63, 3.8) is 0 Å². The molecule has 17 heavy (non-hydrogen) atoms. The lowest BCUT2D eigenvalue weighted by Gasteiger charge is -2.30. The molecule has 2 heteroatoms. The van der Waals surface area contributed by atoms with E-state index in [-0.39, 0.29) is 0 Å². The summed E-state index contributed by atoms with van der Waals surface area (Å²) in [6.45, 7) is 12.7. The Bertz CT molecular complexity index is 308. The van der Waals surface area contributed by atoms with Gasteiger partial charge in [-0.1, -0.05) is 17.7 Å². The summed E-state index contributed by atoms with van der Waals surface area (Å²) < 4.78 is 5.75. The molecule has 0 bridgehead atoms. The average molecular weight is 235 g/mol. The lowest BCUT2D eigenvalue weighted by Crippen LogP contribution is -2.39. The molecular weight excluding hydrogens is 210 g/mol. The molecule has 0 aliphatic carbocycles. The maximum atomic E-state index is 5.75. The molecule has 0 saturated heterocycles. The van der Waals surface area contributed by atoms with Gasteiger partial charge >= 0.3 is 0 Å². The first kappa shape index (κ1) is 14.0. The molecule has 0 aromatic heterocycles. The predicted molar refractivity (Wildman–Crippen MR) is 73.7 cm³/mol. The maximum Gasteiger partial charge on any atom is 0.119 e. The SMILES string of the molecule is Cc1ccc(OCCN(C(C)C)C(C)C)cc1. The van der Waals surface area contributed by atoms with Crippen LogP contribution >= 0.6 is 0 Å². The molecule has 0 saturated carbocycles. The number of benzene rings is 1. The van der Waals surface area contributed by atoms with Gasteiger partial charge in [0.2, 0.25) is 0 Å². The number of aryl methyl sites for hydroxylation is 1. The van der Waals surface area contributed by atoms with E-state index >= 15 is 0 Å². The monoisotopic (exact) mass is 235 g/mol. The van der Waals surface area contributed by atoms with Gasteiger partial charge in [0.1, 0.15) is 12.4 Å². The third-order valence-corrected chi connectivity index (χ3v) is 2.97. The number of ether oxygens (including phenoxy) is 1. The van der Waals surface area contributed by atoms with Gasteiger partial charge in [-0.25, -0.2) is 0 Å². The van der Waals surface area contributed by atoms with Crippen molar-refractivity contribution in [2.45, 2.75) is 46.7 Å². The molecule has 0 aliphatic heterocycles. The normalized spacial score (nSPS) is 11.5. The van der Waals surface area contributed by atoms with E-state index in [1.807, 2.05) is 12.1 Å². The smallest absolute Gasteiger partial charge is 0.119 e. The van der Waals surface area contributed by atoms with Gasteiger partial charge in [-0.2, -0.15) is 0 Å². The van der Waals surface area contributed by atoms with Crippen LogP contribution in [0, 0.1) is 6.92 Å². The summed E-state index contributed by atoms with van der Waals surface area (Å²) in [4.78, 5) is 2.44. The van der Waals surface area contributed by atoms with Crippen LogP contribution in [-0.2, 0) is 0 Å². The van der Waals surface area contributed by atoms with Crippen LogP contribution < -0.4 is 4.74 Å². The van der Waals surface area contributed by atoms with Crippen LogP contribution in [0.15, 0.2) is 24.3 Å². The van der Waals surface area contributed by atoms with Gasteiger partial charge in [-0.05, 0) is 46.8 Å². The van der Waals surface area contributed by atoms with Gasteiger partial charge in [0.15, 0.2) is 0 Å². The van der Waals surface area contributed by atoms with Crippen LogP contribution in [0.2, 0.25) is 0 Å². The lowest BCUT2D eigenvalue weighted by atomic mass is 10.2. The molecule has 0 N–H and O–H groups in total. The Hall–Kier alpha value is -1.02. The van der Waals surface area contributed by atoms with Crippen LogP contribution in [-0.4, -0.2) is 30.1 Å². The van der Waals surface area contributed by atoms with E-state index in [2.05, 4.69) is 51.7 Å². The van der Waals surface area contributed by atoms with E-state index in [1.54, 1.807) is 0 Å². The van der Waals surface area contributed by atoms with Crippen LogP contribution in [0.3, 0.4) is 0 Å². The molecule has 0 heterocycles. The number of nitrogens with zero attached hydrogens (tertiary/aromatic N) is 1. The fourth-order valence-electron chi connectivity index (χ4n) is 2.02. The van der Waals surface area contributed by atoms with Crippen molar-refractivity contribution in [1.82, 2.24) is 4.90 Å². The second kappa shape index (κ2) is 6.65. The van der Waals surface area contributed by atoms with Gasteiger partial charge in [0, 0.05) is 18.6 Å². The summed E-state index contributed by atoms with van der Waals surface area (Å²) in [5.74, 6) is 0.961. The average Bonchev–Trinajstić information content (AvgIpc) is 2.25. The Kier molecular flexibility index (Phi) is 5.49. The molecule has 1 aromatic carbocycles. The molecule has 1 aromatic rings. The Labute approximate surface area is 106 Å². The minimum Gasteiger partial charge on any atom is -0.492 e. The number of rotatable bonds is 6. The highest BCUT2D eigenvalue weighted by molar-refractivity contribution is 5.26. The fourth-order valence-corrected chi connectivity index (χ4v) is 2.02. The Morgan fingerprint density at radius 3 is 2.00 bits per heavy atom. The van der Waals surface area contributed by atoms with Crippen LogP contribution in [0.5, 0.6) is 5.75 Å². The van der Waals surface area contributed by atoms with E-state index in [1.165, 1.54) is 5.56 Å². The second-order valence-corrected chi connectivity index (χ2v) is 5.09. The van der Waals surface area contributed by atoms with Crippen molar-refractivity contribution in [1.29, 1.82) is 0 Å². The number of hydrogen-bond donors (Lipinski definition) is 0. The van der Waals surface area contributed by atoms with Crippen LogP contribution in [0.25, 0.3) is 0 Å². The zero-order chi connectivity index (χ0) is 12.8. The first-order chi connectivity index (χ1) is 8.00. The summed E-state index contributed by atoms with van der Waals surface area (Å²) in [7, 11) is 0. The Balaban J connectivity index is 2.38. The van der Waals surface area contributed by atoms with Gasteiger partial charge in [0.05, 0.1) is 0 Å². The lowest BCUT2D eigenvalue weighted by molar-refractivity contribution is 0.142. The van der Waals surface area contributed by atoms with Crippen molar-refractivity contribution in [3.05, 3.63) is 29.8 Å². The molecule has 0 radical (unpaired) electrons. The highest BCUT2D eigenvalue weighted by Gasteiger charge is 2.12. The molecule has 1 rings (SSSR count). The van der Waals surface area contributed by atoms with Crippen molar-refractivity contribution in [3.8, 4) is 5.75 Å². The predicted octanol–water partition coefficient (Wildman–Crippen LogP) is 3.49. The third-order valence-electron chi connectivity index (χ3n) is 2.97. The number of hydrogen-bond acceptors (Lipinski definition) is 2. The van der Waals surface area contributed by atoms with Crippen LogP contribution in [0.1, 0.15) is 33.3 Å². The zero-order valence-electron chi connectivity index (χ0n) is 11.7. The highest BCUT2D eigenvalue weighted by Crippen LogP contribution is 2.12. The first-order valence-corrected chi connectivity index (χ1v) is 6.46. The summed E-state index contributed by atoms with van der Waals surface area (Å²) >= 11 is 0.